The van der Waals surface area contributed by atoms with Gasteiger partial charge in [0.1, 0.15) is 5.82 Å². The SMILES string of the molecule is CCNC(=NCC1(O)CCSC1)N(C)Cc1ccc(F)cc1.I. The predicted molar refractivity (Wildman–Crippen MR) is 106 cm³/mol. The first-order valence-corrected chi connectivity index (χ1v) is 8.72. The van der Waals surface area contributed by atoms with Crippen LogP contribution < -0.4 is 5.32 Å². The molecule has 0 saturated carbocycles. The van der Waals surface area contributed by atoms with Gasteiger partial charge >= 0.3 is 0 Å². The van der Waals surface area contributed by atoms with Gasteiger partial charge in [-0.15, -0.1) is 24.0 Å². The molecule has 130 valence electrons. The van der Waals surface area contributed by atoms with Crippen LogP contribution in [0.15, 0.2) is 29.3 Å². The lowest BCUT2D eigenvalue weighted by atomic mass is 10.0. The normalized spacial score (nSPS) is 21.0. The van der Waals surface area contributed by atoms with Crippen molar-refractivity contribution in [2.75, 3.05) is 31.6 Å². The van der Waals surface area contributed by atoms with E-state index in [0.29, 0.717) is 13.1 Å². The summed E-state index contributed by atoms with van der Waals surface area (Å²) in [4.78, 5) is 6.56. The third-order valence-electron chi connectivity index (χ3n) is 3.64. The van der Waals surface area contributed by atoms with Crippen LogP contribution >= 0.6 is 35.7 Å². The highest BCUT2D eigenvalue weighted by Crippen LogP contribution is 2.27. The fraction of sp³-hybridized carbons (Fsp3) is 0.562. The first-order valence-electron chi connectivity index (χ1n) is 7.56. The monoisotopic (exact) mass is 453 g/mol. The molecule has 7 heteroatoms. The van der Waals surface area contributed by atoms with Crippen LogP contribution in [0.3, 0.4) is 0 Å². The van der Waals surface area contributed by atoms with Crippen molar-refractivity contribution in [2.24, 2.45) is 4.99 Å². The van der Waals surface area contributed by atoms with Gasteiger partial charge in [-0.2, -0.15) is 11.8 Å². The largest absolute Gasteiger partial charge is 0.387 e. The predicted octanol–water partition coefficient (Wildman–Crippen LogP) is 2.71. The van der Waals surface area contributed by atoms with Gasteiger partial charge in [0.05, 0.1) is 12.1 Å². The van der Waals surface area contributed by atoms with Gasteiger partial charge < -0.3 is 15.3 Å². The Labute approximate surface area is 159 Å². The molecule has 0 amide bonds. The Morgan fingerprint density at radius 2 is 2.13 bits per heavy atom. The van der Waals surface area contributed by atoms with E-state index in [1.807, 2.05) is 18.9 Å². The third kappa shape index (κ3) is 6.46. The van der Waals surface area contributed by atoms with Crippen molar-refractivity contribution < 1.29 is 9.50 Å². The van der Waals surface area contributed by atoms with Gasteiger partial charge in [-0.25, -0.2) is 4.39 Å². The van der Waals surface area contributed by atoms with Crippen molar-refractivity contribution in [1.82, 2.24) is 10.2 Å². The first-order chi connectivity index (χ1) is 10.5. The molecule has 1 aromatic carbocycles. The van der Waals surface area contributed by atoms with Crippen molar-refractivity contribution in [2.45, 2.75) is 25.5 Å². The number of halogens is 2. The summed E-state index contributed by atoms with van der Waals surface area (Å²) in [5.41, 5.74) is 0.340. The Morgan fingerprint density at radius 1 is 1.43 bits per heavy atom. The molecule has 1 fully saturated rings. The molecular formula is C16H25FIN3OS. The quantitative estimate of drug-likeness (QED) is 0.409. The van der Waals surface area contributed by atoms with E-state index in [1.165, 1.54) is 12.1 Å². The Hall–Kier alpha value is -0.540. The number of benzene rings is 1. The number of aliphatic imine (C=N–C) groups is 1. The van der Waals surface area contributed by atoms with Crippen LogP contribution in [0.2, 0.25) is 0 Å². The van der Waals surface area contributed by atoms with Crippen LogP contribution in [0.1, 0.15) is 18.9 Å². The van der Waals surface area contributed by atoms with E-state index in [1.54, 1.807) is 23.9 Å². The molecule has 0 spiro atoms. The average Bonchev–Trinajstić information content (AvgIpc) is 2.93. The van der Waals surface area contributed by atoms with Crippen molar-refractivity contribution >= 4 is 41.7 Å². The molecule has 1 aliphatic heterocycles. The molecule has 1 saturated heterocycles. The molecule has 4 nitrogen and oxygen atoms in total. The zero-order chi connectivity index (χ0) is 16.0. The van der Waals surface area contributed by atoms with Gasteiger partial charge in [0.2, 0.25) is 0 Å². The van der Waals surface area contributed by atoms with Crippen LogP contribution in [0, 0.1) is 5.82 Å². The molecule has 0 aliphatic carbocycles. The second kappa shape index (κ2) is 9.68. The summed E-state index contributed by atoms with van der Waals surface area (Å²) >= 11 is 1.77. The molecule has 1 atom stereocenters. The van der Waals surface area contributed by atoms with Crippen LogP contribution in [-0.4, -0.2) is 53.2 Å². The maximum atomic E-state index is 13.0. The number of rotatable bonds is 5. The lowest BCUT2D eigenvalue weighted by molar-refractivity contribution is 0.0776. The van der Waals surface area contributed by atoms with Crippen LogP contribution in [0.4, 0.5) is 4.39 Å². The van der Waals surface area contributed by atoms with E-state index in [-0.39, 0.29) is 29.8 Å². The minimum Gasteiger partial charge on any atom is -0.387 e. The molecule has 1 aliphatic rings. The standard InChI is InChI=1S/C16H24FN3OS.HI/c1-3-18-15(19-11-16(21)8-9-22-12-16)20(2)10-13-4-6-14(17)7-5-13;/h4-7,21H,3,8-12H2,1-2H3,(H,18,19);1H. The summed E-state index contributed by atoms with van der Waals surface area (Å²) in [5, 5.41) is 13.6. The maximum Gasteiger partial charge on any atom is 0.194 e. The van der Waals surface area contributed by atoms with Gasteiger partial charge in [0.15, 0.2) is 5.96 Å². The molecule has 2 rings (SSSR count). The minimum absolute atomic E-state index is 0. The topological polar surface area (TPSA) is 47.9 Å². The van der Waals surface area contributed by atoms with Crippen molar-refractivity contribution in [3.63, 3.8) is 0 Å². The summed E-state index contributed by atoms with van der Waals surface area (Å²) in [6, 6.07) is 6.48. The molecule has 2 N–H and O–H groups in total. The molecule has 1 aromatic rings. The maximum absolute atomic E-state index is 13.0. The lowest BCUT2D eigenvalue weighted by Gasteiger charge is -2.24. The van der Waals surface area contributed by atoms with Gasteiger partial charge in [-0.3, -0.25) is 4.99 Å². The van der Waals surface area contributed by atoms with E-state index in [4.69, 9.17) is 0 Å². The van der Waals surface area contributed by atoms with Crippen LogP contribution in [0.5, 0.6) is 0 Å². The van der Waals surface area contributed by atoms with Crippen LogP contribution in [0.25, 0.3) is 0 Å². The van der Waals surface area contributed by atoms with Crippen molar-refractivity contribution in [3.05, 3.63) is 35.6 Å². The van der Waals surface area contributed by atoms with Gasteiger partial charge in [-0.05, 0) is 36.8 Å². The molecule has 23 heavy (non-hydrogen) atoms. The fourth-order valence-electron chi connectivity index (χ4n) is 2.35. The Balaban J connectivity index is 0.00000264. The van der Waals surface area contributed by atoms with E-state index < -0.39 is 5.60 Å². The molecule has 1 heterocycles. The van der Waals surface area contributed by atoms with Gasteiger partial charge in [0, 0.05) is 25.9 Å². The first kappa shape index (κ1) is 20.5. The number of guanidine groups is 1. The van der Waals surface area contributed by atoms with Crippen LogP contribution in [-0.2, 0) is 6.54 Å². The second-order valence-corrected chi connectivity index (χ2v) is 6.78. The van der Waals surface area contributed by atoms with Crippen molar-refractivity contribution in [3.8, 4) is 0 Å². The number of hydrogen-bond donors (Lipinski definition) is 2. The smallest absolute Gasteiger partial charge is 0.194 e. The highest BCUT2D eigenvalue weighted by Gasteiger charge is 2.31. The molecule has 1 unspecified atom stereocenters. The minimum atomic E-state index is -0.679. The summed E-state index contributed by atoms with van der Waals surface area (Å²) in [6.45, 7) is 3.83. The number of hydrogen-bond acceptors (Lipinski definition) is 3. The molecule has 0 aromatic heterocycles. The van der Waals surface area contributed by atoms with Crippen molar-refractivity contribution in [1.29, 1.82) is 0 Å². The summed E-state index contributed by atoms with van der Waals surface area (Å²) in [6.07, 6.45) is 0.794. The third-order valence-corrected chi connectivity index (χ3v) is 4.87. The fourth-order valence-corrected chi connectivity index (χ4v) is 3.64. The zero-order valence-corrected chi connectivity index (χ0v) is 16.7. The Bertz CT molecular complexity index is 507. The number of nitrogens with one attached hydrogen (secondary N) is 1. The molecular weight excluding hydrogens is 428 g/mol. The average molecular weight is 453 g/mol. The van der Waals surface area contributed by atoms with Gasteiger partial charge in [0.25, 0.3) is 0 Å². The molecule has 0 bridgehead atoms. The Kier molecular flexibility index (Phi) is 8.63. The van der Waals surface area contributed by atoms with E-state index in [2.05, 4.69) is 10.3 Å². The van der Waals surface area contributed by atoms with E-state index in [9.17, 15) is 9.50 Å². The zero-order valence-electron chi connectivity index (χ0n) is 13.6. The summed E-state index contributed by atoms with van der Waals surface area (Å²) < 4.78 is 13.0. The van der Waals surface area contributed by atoms with E-state index >= 15 is 0 Å². The molecule has 0 radical (unpaired) electrons. The second-order valence-electron chi connectivity index (χ2n) is 5.68. The number of nitrogens with zero attached hydrogens (tertiary/aromatic N) is 2. The number of aliphatic hydroxyl groups is 1. The lowest BCUT2D eigenvalue weighted by Crippen LogP contribution is -2.41. The van der Waals surface area contributed by atoms with Gasteiger partial charge in [-0.1, -0.05) is 12.1 Å². The highest BCUT2D eigenvalue weighted by atomic mass is 127. The summed E-state index contributed by atoms with van der Waals surface area (Å²) in [5.74, 6) is 2.27. The van der Waals surface area contributed by atoms with E-state index in [0.717, 1.165) is 36.0 Å². The number of thioether (sulfide) groups is 1. The Morgan fingerprint density at radius 3 is 2.70 bits per heavy atom. The highest BCUT2D eigenvalue weighted by molar-refractivity contribution is 14.0. The summed E-state index contributed by atoms with van der Waals surface area (Å²) in [7, 11) is 1.94.